The van der Waals surface area contributed by atoms with Crippen LogP contribution in [-0.2, 0) is 10.2 Å². The van der Waals surface area contributed by atoms with Gasteiger partial charge in [-0.2, -0.15) is 8.78 Å². The number of rotatable bonds is 8. The van der Waals surface area contributed by atoms with Gasteiger partial charge in [0, 0.05) is 0 Å². The van der Waals surface area contributed by atoms with Gasteiger partial charge in [-0.3, -0.25) is 0 Å². The number of hydrogen-bond acceptors (Lipinski definition) is 2. The topological polar surface area (TPSA) is 18.5 Å². The summed E-state index contributed by atoms with van der Waals surface area (Å²) in [5, 5.41) is 0. The normalized spacial score (nSPS) is 14.2. The van der Waals surface area contributed by atoms with Crippen LogP contribution in [0.25, 0.3) is 0 Å². The van der Waals surface area contributed by atoms with Crippen LogP contribution in [-0.4, -0.2) is 25.2 Å². The number of alkyl halides is 4. The highest BCUT2D eigenvalue weighted by atomic mass is 19.3. The molecule has 1 aromatic carbocycles. The summed E-state index contributed by atoms with van der Waals surface area (Å²) in [7, 11) is 0. The first-order valence-corrected chi connectivity index (χ1v) is 7.13. The molecule has 126 valence electrons. The van der Waals surface area contributed by atoms with E-state index in [0.717, 1.165) is 12.0 Å². The van der Waals surface area contributed by atoms with Gasteiger partial charge >= 0.3 is 12.3 Å². The van der Waals surface area contributed by atoms with Crippen molar-refractivity contribution in [2.24, 2.45) is 0 Å². The van der Waals surface area contributed by atoms with Gasteiger partial charge < -0.3 is 9.47 Å². The van der Waals surface area contributed by atoms with Crippen LogP contribution in [0.4, 0.5) is 17.6 Å². The third-order valence-electron chi connectivity index (χ3n) is 3.65. The SMILES string of the molecule is CCC(C)(C)c1ccc(OC(C)OCC(F)(F)C(F)F)cc1. The molecule has 0 aromatic heterocycles. The highest BCUT2D eigenvalue weighted by molar-refractivity contribution is 5.31. The maximum atomic E-state index is 12.7. The minimum Gasteiger partial charge on any atom is -0.465 e. The molecule has 0 aliphatic carbocycles. The second-order valence-corrected chi connectivity index (χ2v) is 5.82. The fourth-order valence-corrected chi connectivity index (χ4v) is 1.71. The van der Waals surface area contributed by atoms with Crippen LogP contribution in [0.3, 0.4) is 0 Å². The molecule has 0 saturated carbocycles. The molecular weight excluding hydrogens is 300 g/mol. The van der Waals surface area contributed by atoms with Crippen molar-refractivity contribution in [1.82, 2.24) is 0 Å². The van der Waals surface area contributed by atoms with Gasteiger partial charge in [0.05, 0.1) is 0 Å². The molecule has 2 nitrogen and oxygen atoms in total. The van der Waals surface area contributed by atoms with Crippen molar-refractivity contribution in [2.75, 3.05) is 6.61 Å². The third kappa shape index (κ3) is 5.16. The molecule has 22 heavy (non-hydrogen) atoms. The average molecular weight is 322 g/mol. The summed E-state index contributed by atoms with van der Waals surface area (Å²) in [6, 6.07) is 7.19. The largest absolute Gasteiger partial charge is 0.465 e. The third-order valence-corrected chi connectivity index (χ3v) is 3.65. The second kappa shape index (κ2) is 7.31. The summed E-state index contributed by atoms with van der Waals surface area (Å²) in [4.78, 5) is 0. The number of halogens is 4. The van der Waals surface area contributed by atoms with E-state index in [-0.39, 0.29) is 5.41 Å². The summed E-state index contributed by atoms with van der Waals surface area (Å²) in [5.74, 6) is -3.74. The standard InChI is InChI=1S/C16H22F4O2/c1-5-15(3,4)12-6-8-13(9-7-12)22-11(2)21-10-16(19,20)14(17)18/h6-9,11,14H,5,10H2,1-4H3. The van der Waals surface area contributed by atoms with E-state index < -0.39 is 25.2 Å². The van der Waals surface area contributed by atoms with Crippen molar-refractivity contribution < 1.29 is 27.0 Å². The summed E-state index contributed by atoms with van der Waals surface area (Å²) < 4.78 is 59.4. The van der Waals surface area contributed by atoms with Crippen LogP contribution in [0, 0.1) is 0 Å². The Morgan fingerprint density at radius 2 is 1.64 bits per heavy atom. The van der Waals surface area contributed by atoms with Crippen molar-refractivity contribution in [2.45, 2.75) is 58.2 Å². The van der Waals surface area contributed by atoms with Crippen molar-refractivity contribution in [3.05, 3.63) is 29.8 Å². The lowest BCUT2D eigenvalue weighted by Gasteiger charge is -2.24. The van der Waals surface area contributed by atoms with E-state index >= 15 is 0 Å². The van der Waals surface area contributed by atoms with Crippen molar-refractivity contribution >= 4 is 0 Å². The van der Waals surface area contributed by atoms with Crippen molar-refractivity contribution in [3.8, 4) is 5.75 Å². The van der Waals surface area contributed by atoms with Gasteiger partial charge in [-0.1, -0.05) is 32.9 Å². The molecule has 1 unspecified atom stereocenters. The zero-order valence-corrected chi connectivity index (χ0v) is 13.2. The highest BCUT2D eigenvalue weighted by Gasteiger charge is 2.41. The van der Waals surface area contributed by atoms with Crippen LogP contribution in [0.2, 0.25) is 0 Å². The Balaban J connectivity index is 2.57. The van der Waals surface area contributed by atoms with Crippen LogP contribution < -0.4 is 4.74 Å². The van der Waals surface area contributed by atoms with Crippen molar-refractivity contribution in [1.29, 1.82) is 0 Å². The molecule has 6 heteroatoms. The Morgan fingerprint density at radius 3 is 2.09 bits per heavy atom. The molecule has 1 atom stereocenters. The molecule has 1 aromatic rings. The Labute approximate surface area is 128 Å². The summed E-state index contributed by atoms with van der Waals surface area (Å²) in [6.07, 6.45) is -3.83. The first-order chi connectivity index (χ1) is 10.1. The molecule has 0 fully saturated rings. The van der Waals surface area contributed by atoms with Gasteiger partial charge in [-0.15, -0.1) is 0 Å². The Morgan fingerprint density at radius 1 is 1.09 bits per heavy atom. The van der Waals surface area contributed by atoms with E-state index in [1.165, 1.54) is 6.92 Å². The van der Waals surface area contributed by atoms with Crippen LogP contribution in [0.15, 0.2) is 24.3 Å². The molecule has 0 bridgehead atoms. The molecular formula is C16H22F4O2. The van der Waals surface area contributed by atoms with Crippen LogP contribution >= 0.6 is 0 Å². The van der Waals surface area contributed by atoms with Crippen molar-refractivity contribution in [3.63, 3.8) is 0 Å². The lowest BCUT2D eigenvalue weighted by Crippen LogP contribution is -2.35. The zero-order valence-electron chi connectivity index (χ0n) is 13.2. The molecule has 0 amide bonds. The summed E-state index contributed by atoms with van der Waals surface area (Å²) in [5.41, 5.74) is 1.15. The first kappa shape index (κ1) is 18.7. The lowest BCUT2D eigenvalue weighted by molar-refractivity contribution is -0.196. The predicted molar refractivity (Wildman–Crippen MR) is 76.8 cm³/mol. The molecule has 0 saturated heterocycles. The van der Waals surface area contributed by atoms with E-state index in [4.69, 9.17) is 4.74 Å². The summed E-state index contributed by atoms with van der Waals surface area (Å²) >= 11 is 0. The maximum absolute atomic E-state index is 12.7. The van der Waals surface area contributed by atoms with Gasteiger partial charge in [0.15, 0.2) is 6.29 Å². The van der Waals surface area contributed by atoms with Crippen LogP contribution in [0.5, 0.6) is 5.75 Å². The molecule has 1 rings (SSSR count). The maximum Gasteiger partial charge on any atom is 0.330 e. The number of ether oxygens (including phenoxy) is 2. The molecule has 0 radical (unpaired) electrons. The molecule has 0 heterocycles. The minimum atomic E-state index is -4.17. The second-order valence-electron chi connectivity index (χ2n) is 5.82. The summed E-state index contributed by atoms with van der Waals surface area (Å²) in [6.45, 7) is 6.31. The van der Waals surface area contributed by atoms with Gasteiger partial charge in [-0.05, 0) is 36.5 Å². The van der Waals surface area contributed by atoms with Gasteiger partial charge in [0.25, 0.3) is 0 Å². The van der Waals surface area contributed by atoms with E-state index in [9.17, 15) is 17.6 Å². The fraction of sp³-hybridized carbons (Fsp3) is 0.625. The Bertz CT molecular complexity index is 458. The quantitative estimate of drug-likeness (QED) is 0.494. The van der Waals surface area contributed by atoms with E-state index in [0.29, 0.717) is 5.75 Å². The lowest BCUT2D eigenvalue weighted by atomic mass is 9.82. The predicted octanol–water partition coefficient (Wildman–Crippen LogP) is 5.02. The zero-order chi connectivity index (χ0) is 17.0. The minimum absolute atomic E-state index is 0.0277. The molecule has 0 N–H and O–H groups in total. The molecule has 0 aliphatic rings. The number of hydrogen-bond donors (Lipinski definition) is 0. The Kier molecular flexibility index (Phi) is 6.23. The highest BCUT2D eigenvalue weighted by Crippen LogP contribution is 2.28. The number of benzene rings is 1. The van der Waals surface area contributed by atoms with Gasteiger partial charge in [0.2, 0.25) is 0 Å². The van der Waals surface area contributed by atoms with E-state index in [2.05, 4.69) is 25.5 Å². The van der Waals surface area contributed by atoms with Gasteiger partial charge in [-0.25, -0.2) is 8.78 Å². The molecule has 0 spiro atoms. The smallest absolute Gasteiger partial charge is 0.330 e. The van der Waals surface area contributed by atoms with E-state index in [1.807, 2.05) is 12.1 Å². The van der Waals surface area contributed by atoms with Gasteiger partial charge in [0.1, 0.15) is 12.4 Å². The van der Waals surface area contributed by atoms with Crippen LogP contribution in [0.1, 0.15) is 39.7 Å². The monoisotopic (exact) mass is 322 g/mol. The Hall–Kier alpha value is -1.30. The first-order valence-electron chi connectivity index (χ1n) is 7.13. The average Bonchev–Trinajstić information content (AvgIpc) is 2.45. The van der Waals surface area contributed by atoms with E-state index in [1.54, 1.807) is 12.1 Å². The fourth-order valence-electron chi connectivity index (χ4n) is 1.71. The molecule has 0 aliphatic heterocycles.